The molecular weight excluding hydrogens is 358 g/mol. The van der Waals surface area contributed by atoms with Gasteiger partial charge in [-0.15, -0.1) is 0 Å². The zero-order chi connectivity index (χ0) is 20.7. The third kappa shape index (κ3) is 6.26. The lowest BCUT2D eigenvalue weighted by atomic mass is 10.0. The Kier molecular flexibility index (Phi) is 7.37. The summed E-state index contributed by atoms with van der Waals surface area (Å²) in [6, 6.07) is 9.59. The minimum atomic E-state index is -0.714. The van der Waals surface area contributed by atoms with Gasteiger partial charge in [-0.1, -0.05) is 26.0 Å². The maximum atomic E-state index is 12.6. The van der Waals surface area contributed by atoms with Crippen LogP contribution in [0.1, 0.15) is 43.8 Å². The van der Waals surface area contributed by atoms with E-state index >= 15 is 0 Å². The van der Waals surface area contributed by atoms with Crippen LogP contribution >= 0.6 is 0 Å². The molecule has 150 valence electrons. The Morgan fingerprint density at radius 3 is 2.18 bits per heavy atom. The van der Waals surface area contributed by atoms with Crippen LogP contribution in [-0.2, 0) is 16.0 Å². The molecule has 1 aromatic heterocycles. The molecule has 0 aliphatic carbocycles. The molecule has 1 heterocycles. The number of hydrogen-bond acceptors (Lipinski definition) is 4. The Morgan fingerprint density at radius 2 is 1.64 bits per heavy atom. The first kappa shape index (κ1) is 21.2. The smallest absolute Gasteiger partial charge is 0.287 e. The van der Waals surface area contributed by atoms with Crippen LogP contribution in [0.5, 0.6) is 0 Å². The Hall–Kier alpha value is -3.09. The van der Waals surface area contributed by atoms with Gasteiger partial charge in [0.1, 0.15) is 6.04 Å². The van der Waals surface area contributed by atoms with Gasteiger partial charge in [0.15, 0.2) is 5.76 Å². The van der Waals surface area contributed by atoms with Crippen LogP contribution in [0, 0.1) is 5.92 Å². The first-order valence-corrected chi connectivity index (χ1v) is 9.29. The SMILES string of the molecule is CC(C)NC(=O)Cc1ccc(NC(=O)C(NC(=O)c2ccco2)C(C)C)cc1. The van der Waals surface area contributed by atoms with Gasteiger partial charge in [-0.25, -0.2) is 0 Å². The standard InChI is InChI=1S/C21H27N3O4/c1-13(2)19(24-20(26)17-6-5-11-28-17)21(27)23-16-9-7-15(8-10-16)12-18(25)22-14(3)4/h5-11,13-14,19H,12H2,1-4H3,(H,22,25)(H,23,27)(H,24,26). The van der Waals surface area contributed by atoms with Crippen molar-refractivity contribution in [1.29, 1.82) is 0 Å². The van der Waals surface area contributed by atoms with Crippen LogP contribution in [0.3, 0.4) is 0 Å². The van der Waals surface area contributed by atoms with Gasteiger partial charge in [-0.05, 0) is 49.6 Å². The molecule has 1 unspecified atom stereocenters. The highest BCUT2D eigenvalue weighted by molar-refractivity contribution is 6.00. The first-order valence-electron chi connectivity index (χ1n) is 9.29. The van der Waals surface area contributed by atoms with E-state index in [1.165, 1.54) is 6.26 Å². The van der Waals surface area contributed by atoms with Gasteiger partial charge in [0.25, 0.3) is 5.91 Å². The number of hydrogen-bond donors (Lipinski definition) is 3. The normalized spacial score (nSPS) is 11.9. The molecule has 0 bridgehead atoms. The number of furan rings is 1. The lowest BCUT2D eigenvalue weighted by molar-refractivity contribution is -0.121. The van der Waals surface area contributed by atoms with Crippen molar-refractivity contribution in [2.24, 2.45) is 5.92 Å². The van der Waals surface area contributed by atoms with Gasteiger partial charge in [0.05, 0.1) is 12.7 Å². The summed E-state index contributed by atoms with van der Waals surface area (Å²) in [5, 5.41) is 8.34. The van der Waals surface area contributed by atoms with E-state index < -0.39 is 11.9 Å². The fourth-order valence-electron chi connectivity index (χ4n) is 2.64. The van der Waals surface area contributed by atoms with Gasteiger partial charge >= 0.3 is 0 Å². The molecule has 0 saturated heterocycles. The molecule has 3 N–H and O–H groups in total. The maximum absolute atomic E-state index is 12.6. The predicted molar refractivity (Wildman–Crippen MR) is 107 cm³/mol. The summed E-state index contributed by atoms with van der Waals surface area (Å²) in [6.45, 7) is 7.52. The van der Waals surface area contributed by atoms with Crippen molar-refractivity contribution in [2.75, 3.05) is 5.32 Å². The van der Waals surface area contributed by atoms with Crippen molar-refractivity contribution in [3.05, 3.63) is 54.0 Å². The fourth-order valence-corrected chi connectivity index (χ4v) is 2.64. The number of carbonyl (C=O) groups excluding carboxylic acids is 3. The van der Waals surface area contributed by atoms with Crippen LogP contribution < -0.4 is 16.0 Å². The van der Waals surface area contributed by atoms with Crippen molar-refractivity contribution in [3.8, 4) is 0 Å². The number of rotatable bonds is 8. The van der Waals surface area contributed by atoms with Crippen LogP contribution in [0.25, 0.3) is 0 Å². The first-order chi connectivity index (χ1) is 13.3. The Morgan fingerprint density at radius 1 is 0.964 bits per heavy atom. The Balaban J connectivity index is 1.97. The van der Waals surface area contributed by atoms with Crippen LogP contribution in [0.15, 0.2) is 47.1 Å². The van der Waals surface area contributed by atoms with E-state index in [1.807, 2.05) is 27.7 Å². The van der Waals surface area contributed by atoms with E-state index in [-0.39, 0.29) is 36.0 Å². The summed E-state index contributed by atoms with van der Waals surface area (Å²) in [5.41, 5.74) is 1.44. The molecule has 0 fully saturated rings. The van der Waals surface area contributed by atoms with Crippen LogP contribution in [-0.4, -0.2) is 29.8 Å². The predicted octanol–water partition coefficient (Wildman–Crippen LogP) is 2.74. The molecule has 1 atom stereocenters. The molecule has 0 aliphatic rings. The van der Waals surface area contributed by atoms with Crippen molar-refractivity contribution in [1.82, 2.24) is 10.6 Å². The van der Waals surface area contributed by atoms with E-state index in [9.17, 15) is 14.4 Å². The van der Waals surface area contributed by atoms with Gasteiger partial charge in [-0.2, -0.15) is 0 Å². The average molecular weight is 385 g/mol. The summed E-state index contributed by atoms with van der Waals surface area (Å²) in [6.07, 6.45) is 1.68. The highest BCUT2D eigenvalue weighted by atomic mass is 16.3. The van der Waals surface area contributed by atoms with Gasteiger partial charge in [0.2, 0.25) is 11.8 Å². The number of carbonyl (C=O) groups is 3. The van der Waals surface area contributed by atoms with Gasteiger partial charge in [-0.3, -0.25) is 14.4 Å². The van der Waals surface area contributed by atoms with E-state index in [1.54, 1.807) is 36.4 Å². The topological polar surface area (TPSA) is 100 Å². The molecule has 0 radical (unpaired) electrons. The van der Waals surface area contributed by atoms with E-state index in [0.717, 1.165) is 5.56 Å². The Bertz CT molecular complexity index is 796. The lowest BCUT2D eigenvalue weighted by Gasteiger charge is -2.21. The maximum Gasteiger partial charge on any atom is 0.287 e. The number of benzene rings is 1. The average Bonchev–Trinajstić information content (AvgIpc) is 3.14. The van der Waals surface area contributed by atoms with Crippen molar-refractivity contribution in [3.63, 3.8) is 0 Å². The molecule has 3 amide bonds. The quantitative estimate of drug-likeness (QED) is 0.650. The minimum Gasteiger partial charge on any atom is -0.459 e. The number of amides is 3. The summed E-state index contributed by atoms with van der Waals surface area (Å²) >= 11 is 0. The molecule has 2 aromatic rings. The number of nitrogens with one attached hydrogen (secondary N) is 3. The van der Waals surface area contributed by atoms with Gasteiger partial charge in [0, 0.05) is 11.7 Å². The molecule has 1 aromatic carbocycles. The zero-order valence-electron chi connectivity index (χ0n) is 16.6. The Labute approximate surface area is 164 Å². The highest BCUT2D eigenvalue weighted by Crippen LogP contribution is 2.13. The lowest BCUT2D eigenvalue weighted by Crippen LogP contribution is -2.47. The zero-order valence-corrected chi connectivity index (χ0v) is 16.6. The summed E-state index contributed by atoms with van der Waals surface area (Å²) in [7, 11) is 0. The molecule has 0 aliphatic heterocycles. The van der Waals surface area contributed by atoms with Crippen LogP contribution in [0.2, 0.25) is 0 Å². The molecule has 7 nitrogen and oxygen atoms in total. The molecule has 2 rings (SSSR count). The fraction of sp³-hybridized carbons (Fsp3) is 0.381. The van der Waals surface area contributed by atoms with Gasteiger partial charge < -0.3 is 20.4 Å². The summed E-state index contributed by atoms with van der Waals surface area (Å²) in [4.78, 5) is 36.6. The van der Waals surface area contributed by atoms with Crippen molar-refractivity contribution in [2.45, 2.75) is 46.2 Å². The molecule has 0 spiro atoms. The summed E-state index contributed by atoms with van der Waals surface area (Å²) < 4.78 is 5.07. The third-order valence-electron chi connectivity index (χ3n) is 4.02. The second-order valence-electron chi connectivity index (χ2n) is 7.26. The van der Waals surface area contributed by atoms with Crippen LogP contribution in [0.4, 0.5) is 5.69 Å². The van der Waals surface area contributed by atoms with E-state index in [4.69, 9.17) is 4.42 Å². The molecule has 7 heteroatoms. The summed E-state index contributed by atoms with van der Waals surface area (Å²) in [5.74, 6) is -0.766. The largest absolute Gasteiger partial charge is 0.459 e. The second kappa shape index (κ2) is 9.73. The van der Waals surface area contributed by atoms with E-state index in [2.05, 4.69) is 16.0 Å². The van der Waals surface area contributed by atoms with E-state index in [0.29, 0.717) is 5.69 Å². The van der Waals surface area contributed by atoms with Crippen molar-refractivity contribution >= 4 is 23.4 Å². The van der Waals surface area contributed by atoms with Crippen molar-refractivity contribution < 1.29 is 18.8 Å². The minimum absolute atomic E-state index is 0.0488. The highest BCUT2D eigenvalue weighted by Gasteiger charge is 2.25. The molecule has 0 saturated carbocycles. The molecule has 28 heavy (non-hydrogen) atoms. The number of anilines is 1. The second-order valence-corrected chi connectivity index (χ2v) is 7.26. The molecular formula is C21H27N3O4. The monoisotopic (exact) mass is 385 g/mol. The third-order valence-corrected chi connectivity index (χ3v) is 4.02.